The molecule has 0 aliphatic rings. The van der Waals surface area contributed by atoms with Crippen LogP contribution < -0.4 is 5.32 Å². The molecule has 1 unspecified atom stereocenters. The Labute approximate surface area is 86.3 Å². The van der Waals surface area contributed by atoms with E-state index in [9.17, 15) is 8.78 Å². The average molecular weight is 221 g/mol. The van der Waals surface area contributed by atoms with E-state index in [1.807, 2.05) is 6.92 Å². The van der Waals surface area contributed by atoms with E-state index in [4.69, 9.17) is 11.6 Å². The van der Waals surface area contributed by atoms with Crippen molar-refractivity contribution in [2.75, 3.05) is 11.2 Å². The molecule has 0 saturated carbocycles. The highest BCUT2D eigenvalue weighted by Crippen LogP contribution is 2.13. The number of alkyl halides is 1. The first-order valence-corrected chi connectivity index (χ1v) is 4.80. The summed E-state index contributed by atoms with van der Waals surface area (Å²) in [6, 6.07) is 0.808. The summed E-state index contributed by atoms with van der Waals surface area (Å²) in [6.07, 6.45) is 1.67. The molecule has 14 heavy (non-hydrogen) atoms. The molecule has 0 aromatic carbocycles. The Morgan fingerprint density at radius 3 is 2.86 bits per heavy atom. The first-order chi connectivity index (χ1) is 6.63. The first kappa shape index (κ1) is 11.2. The smallest absolute Gasteiger partial charge is 0.168 e. The zero-order chi connectivity index (χ0) is 10.6. The molecule has 1 N–H and O–H groups in total. The molecule has 0 spiro atoms. The van der Waals surface area contributed by atoms with E-state index < -0.39 is 11.6 Å². The van der Waals surface area contributed by atoms with Gasteiger partial charge in [0.2, 0.25) is 0 Å². The Morgan fingerprint density at radius 1 is 1.57 bits per heavy atom. The second kappa shape index (κ2) is 5.10. The highest BCUT2D eigenvalue weighted by Gasteiger charge is 2.08. The van der Waals surface area contributed by atoms with Crippen molar-refractivity contribution in [2.45, 2.75) is 19.4 Å². The summed E-state index contributed by atoms with van der Waals surface area (Å²) in [5.41, 5.74) is 0. The van der Waals surface area contributed by atoms with Crippen LogP contribution in [0, 0.1) is 11.6 Å². The SMILES string of the molecule is CC(CCCl)Nc1ncc(F)cc1F. The minimum absolute atomic E-state index is 0.0139. The molecule has 0 fully saturated rings. The van der Waals surface area contributed by atoms with Gasteiger partial charge in [0.05, 0.1) is 6.20 Å². The van der Waals surface area contributed by atoms with Gasteiger partial charge in [0.1, 0.15) is 5.82 Å². The van der Waals surface area contributed by atoms with Crippen LogP contribution in [0.2, 0.25) is 0 Å². The molecule has 5 heteroatoms. The lowest BCUT2D eigenvalue weighted by Gasteiger charge is -2.12. The van der Waals surface area contributed by atoms with Gasteiger partial charge in [-0.25, -0.2) is 13.8 Å². The second-order valence-corrected chi connectivity index (χ2v) is 3.38. The number of anilines is 1. The molecule has 0 bridgehead atoms. The lowest BCUT2D eigenvalue weighted by Crippen LogP contribution is -2.17. The van der Waals surface area contributed by atoms with E-state index in [1.54, 1.807) is 0 Å². The summed E-state index contributed by atoms with van der Waals surface area (Å²) in [6.45, 7) is 1.85. The van der Waals surface area contributed by atoms with Gasteiger partial charge in [0, 0.05) is 18.0 Å². The van der Waals surface area contributed by atoms with Crippen molar-refractivity contribution in [3.63, 3.8) is 0 Å². The van der Waals surface area contributed by atoms with Crippen LogP contribution in [0.3, 0.4) is 0 Å². The van der Waals surface area contributed by atoms with Crippen LogP contribution in [0.25, 0.3) is 0 Å². The molecule has 0 radical (unpaired) electrons. The molecule has 1 aromatic heterocycles. The summed E-state index contributed by atoms with van der Waals surface area (Å²) in [5, 5.41) is 2.80. The number of hydrogen-bond acceptors (Lipinski definition) is 2. The molecule has 1 rings (SSSR count). The van der Waals surface area contributed by atoms with Crippen molar-refractivity contribution in [1.29, 1.82) is 0 Å². The number of halogens is 3. The fourth-order valence-electron chi connectivity index (χ4n) is 0.990. The summed E-state index contributed by atoms with van der Waals surface area (Å²) < 4.78 is 25.5. The monoisotopic (exact) mass is 220 g/mol. The number of hydrogen-bond donors (Lipinski definition) is 1. The van der Waals surface area contributed by atoms with Crippen LogP contribution in [0.1, 0.15) is 13.3 Å². The molecule has 78 valence electrons. The molecular weight excluding hydrogens is 210 g/mol. The summed E-state index contributed by atoms with van der Waals surface area (Å²) >= 11 is 5.51. The maximum Gasteiger partial charge on any atom is 0.168 e. The van der Waals surface area contributed by atoms with Crippen molar-refractivity contribution in [2.24, 2.45) is 0 Å². The van der Waals surface area contributed by atoms with Crippen LogP contribution >= 0.6 is 11.6 Å². The van der Waals surface area contributed by atoms with Gasteiger partial charge < -0.3 is 5.32 Å². The lowest BCUT2D eigenvalue weighted by atomic mass is 10.2. The Hall–Kier alpha value is -0.900. The third-order valence-electron chi connectivity index (χ3n) is 1.73. The van der Waals surface area contributed by atoms with E-state index in [2.05, 4.69) is 10.3 Å². The first-order valence-electron chi connectivity index (χ1n) is 4.27. The van der Waals surface area contributed by atoms with Crippen molar-refractivity contribution >= 4 is 17.4 Å². The third-order valence-corrected chi connectivity index (χ3v) is 1.95. The number of nitrogens with one attached hydrogen (secondary N) is 1. The van der Waals surface area contributed by atoms with Crippen LogP contribution in [-0.2, 0) is 0 Å². The maximum atomic E-state index is 13.1. The van der Waals surface area contributed by atoms with E-state index in [0.717, 1.165) is 12.3 Å². The molecular formula is C9H11ClF2N2. The van der Waals surface area contributed by atoms with E-state index in [0.29, 0.717) is 12.3 Å². The molecule has 2 nitrogen and oxygen atoms in total. The minimum Gasteiger partial charge on any atom is -0.365 e. The molecule has 1 aromatic rings. The van der Waals surface area contributed by atoms with Crippen LogP contribution in [0.5, 0.6) is 0 Å². The van der Waals surface area contributed by atoms with Gasteiger partial charge in [-0.1, -0.05) is 0 Å². The quantitative estimate of drug-likeness (QED) is 0.790. The molecule has 0 amide bonds. The number of nitrogens with zero attached hydrogens (tertiary/aromatic N) is 1. The topological polar surface area (TPSA) is 24.9 Å². The van der Waals surface area contributed by atoms with Gasteiger partial charge in [0.25, 0.3) is 0 Å². The number of rotatable bonds is 4. The summed E-state index contributed by atoms with van der Waals surface area (Å²) in [4.78, 5) is 3.60. The van der Waals surface area contributed by atoms with E-state index in [1.165, 1.54) is 0 Å². The Kier molecular flexibility index (Phi) is 4.07. The highest BCUT2D eigenvalue weighted by atomic mass is 35.5. The Bertz CT molecular complexity index is 307. The normalized spacial score (nSPS) is 12.6. The van der Waals surface area contributed by atoms with Crippen LogP contribution in [0.15, 0.2) is 12.3 Å². The number of aromatic nitrogens is 1. The zero-order valence-corrected chi connectivity index (χ0v) is 8.48. The lowest BCUT2D eigenvalue weighted by molar-refractivity contribution is 0.572. The van der Waals surface area contributed by atoms with Crippen molar-refractivity contribution in [3.8, 4) is 0 Å². The minimum atomic E-state index is -0.688. The summed E-state index contributed by atoms with van der Waals surface area (Å²) in [7, 11) is 0. The van der Waals surface area contributed by atoms with Gasteiger partial charge >= 0.3 is 0 Å². The fraction of sp³-hybridized carbons (Fsp3) is 0.444. The molecule has 1 atom stereocenters. The largest absolute Gasteiger partial charge is 0.365 e. The highest BCUT2D eigenvalue weighted by molar-refractivity contribution is 6.17. The molecule has 0 saturated heterocycles. The average Bonchev–Trinajstić information content (AvgIpc) is 2.10. The maximum absolute atomic E-state index is 13.1. The Balaban J connectivity index is 2.67. The number of pyridine rings is 1. The van der Waals surface area contributed by atoms with Crippen LogP contribution in [-0.4, -0.2) is 16.9 Å². The molecule has 1 heterocycles. The molecule has 0 aliphatic heterocycles. The van der Waals surface area contributed by atoms with Gasteiger partial charge in [-0.15, -0.1) is 11.6 Å². The summed E-state index contributed by atoms with van der Waals surface area (Å²) in [5.74, 6) is -0.828. The van der Waals surface area contributed by atoms with E-state index in [-0.39, 0.29) is 11.9 Å². The predicted molar refractivity (Wildman–Crippen MR) is 52.6 cm³/mol. The van der Waals surface area contributed by atoms with Gasteiger partial charge in [-0.3, -0.25) is 0 Å². The Morgan fingerprint density at radius 2 is 2.29 bits per heavy atom. The standard InChI is InChI=1S/C9H11ClF2N2/c1-6(2-3-10)14-9-8(12)4-7(11)5-13-9/h4-6H,2-3H2,1H3,(H,13,14). The van der Waals surface area contributed by atoms with Crippen molar-refractivity contribution in [3.05, 3.63) is 23.9 Å². The van der Waals surface area contributed by atoms with Crippen LogP contribution in [0.4, 0.5) is 14.6 Å². The predicted octanol–water partition coefficient (Wildman–Crippen LogP) is 2.79. The van der Waals surface area contributed by atoms with E-state index >= 15 is 0 Å². The van der Waals surface area contributed by atoms with Gasteiger partial charge in [0.15, 0.2) is 11.6 Å². The van der Waals surface area contributed by atoms with Gasteiger partial charge in [-0.2, -0.15) is 0 Å². The fourth-order valence-corrected chi connectivity index (χ4v) is 1.32. The van der Waals surface area contributed by atoms with Crippen molar-refractivity contribution < 1.29 is 8.78 Å². The second-order valence-electron chi connectivity index (χ2n) is 3.01. The van der Waals surface area contributed by atoms with Crippen molar-refractivity contribution in [1.82, 2.24) is 4.98 Å². The third kappa shape index (κ3) is 3.10. The zero-order valence-electron chi connectivity index (χ0n) is 7.73. The van der Waals surface area contributed by atoms with Gasteiger partial charge in [-0.05, 0) is 13.3 Å². The molecule has 0 aliphatic carbocycles.